The second-order valence-electron chi connectivity index (χ2n) is 9.79. The van der Waals surface area contributed by atoms with Gasteiger partial charge in [-0.15, -0.1) is 0 Å². The quantitative estimate of drug-likeness (QED) is 0.341. The van der Waals surface area contributed by atoms with E-state index in [9.17, 15) is 8.42 Å². The molecule has 4 aromatic heterocycles. The highest BCUT2D eigenvalue weighted by Gasteiger charge is 2.37. The van der Waals surface area contributed by atoms with Crippen LogP contribution in [0.2, 0.25) is 0 Å². The average Bonchev–Trinajstić information content (AvgIpc) is 3.43. The fourth-order valence-corrected chi connectivity index (χ4v) is 5.39. The standard InChI is InChI=1S/C26H29N9O2S/c1-16(2)23-24(27)19(6-5-18-11-30-34(14-18)17(3)4)12-29-26(23)33-22-9-10-28-25(32-22)20-13-31-35(15-20)38(36,37)21-7-8-21/h9-17,21H,7-8H2,1-4H3,(H3,27,28,29,32,33). The highest BCUT2D eigenvalue weighted by molar-refractivity contribution is 7.90. The Morgan fingerprint density at radius 2 is 1.84 bits per heavy atom. The third-order valence-corrected chi connectivity index (χ3v) is 8.17. The highest BCUT2D eigenvalue weighted by Crippen LogP contribution is 2.33. The molecule has 0 saturated heterocycles. The summed E-state index contributed by atoms with van der Waals surface area (Å²) in [6.45, 7) is 8.17. The topological polar surface area (TPSA) is 146 Å². The number of aromatic nitrogens is 7. The van der Waals surface area contributed by atoms with Crippen molar-refractivity contribution in [3.63, 3.8) is 0 Å². The maximum absolute atomic E-state index is 12.5. The molecule has 0 bridgehead atoms. The Labute approximate surface area is 221 Å². The SMILES string of the molecule is CC(C)c1c(Nc2ccnc(-c3cnn(S(=O)(=O)C4CC4)c3)n2)ncc(C#Cc2cnn(C(C)C)c2)c1N. The van der Waals surface area contributed by atoms with Crippen molar-refractivity contribution in [2.24, 2.45) is 0 Å². The van der Waals surface area contributed by atoms with Crippen LogP contribution in [0.15, 0.2) is 43.2 Å². The van der Waals surface area contributed by atoms with Gasteiger partial charge in [-0.1, -0.05) is 25.7 Å². The molecule has 1 fully saturated rings. The van der Waals surface area contributed by atoms with Crippen LogP contribution in [0.4, 0.5) is 17.3 Å². The number of rotatable bonds is 7. The zero-order valence-corrected chi connectivity index (χ0v) is 22.4. The molecular formula is C26H29N9O2S. The number of nitrogens with two attached hydrogens (primary N) is 1. The number of nitrogens with one attached hydrogen (secondary N) is 1. The number of nitrogens with zero attached hydrogens (tertiary/aromatic N) is 7. The maximum Gasteiger partial charge on any atom is 0.256 e. The van der Waals surface area contributed by atoms with Crippen LogP contribution in [0, 0.1) is 11.8 Å². The fourth-order valence-electron chi connectivity index (χ4n) is 3.92. The van der Waals surface area contributed by atoms with Crippen molar-refractivity contribution in [1.82, 2.24) is 33.9 Å². The predicted molar refractivity (Wildman–Crippen MR) is 145 cm³/mol. The van der Waals surface area contributed by atoms with Gasteiger partial charge < -0.3 is 11.1 Å². The molecule has 11 nitrogen and oxygen atoms in total. The molecule has 0 aliphatic heterocycles. The minimum Gasteiger partial charge on any atom is -0.397 e. The first kappa shape index (κ1) is 25.4. The third-order valence-electron chi connectivity index (χ3n) is 6.13. The summed E-state index contributed by atoms with van der Waals surface area (Å²) >= 11 is 0. The Kier molecular flexibility index (Phi) is 6.62. The molecule has 1 aliphatic rings. The van der Waals surface area contributed by atoms with E-state index < -0.39 is 10.0 Å². The summed E-state index contributed by atoms with van der Waals surface area (Å²) in [6, 6.07) is 1.96. The van der Waals surface area contributed by atoms with Gasteiger partial charge in [-0.05, 0) is 38.7 Å². The lowest BCUT2D eigenvalue weighted by Gasteiger charge is -2.17. The van der Waals surface area contributed by atoms with Crippen molar-refractivity contribution < 1.29 is 8.42 Å². The van der Waals surface area contributed by atoms with Crippen molar-refractivity contribution in [2.45, 2.75) is 57.7 Å². The van der Waals surface area contributed by atoms with Crippen LogP contribution < -0.4 is 11.1 Å². The normalized spacial score (nSPS) is 13.5. The third kappa shape index (κ3) is 5.10. The van der Waals surface area contributed by atoms with Gasteiger partial charge in [0.05, 0.1) is 46.2 Å². The van der Waals surface area contributed by atoms with E-state index in [1.807, 2.05) is 24.7 Å². The molecule has 4 heterocycles. The number of nitrogen functional groups attached to an aromatic ring is 1. The van der Waals surface area contributed by atoms with E-state index in [0.29, 0.717) is 47.1 Å². The largest absolute Gasteiger partial charge is 0.397 e. The van der Waals surface area contributed by atoms with E-state index in [1.54, 1.807) is 24.7 Å². The van der Waals surface area contributed by atoms with Crippen LogP contribution in [-0.4, -0.2) is 47.6 Å². The first-order valence-electron chi connectivity index (χ1n) is 12.4. The molecular weight excluding hydrogens is 502 g/mol. The number of hydrogen-bond donors (Lipinski definition) is 2. The molecule has 0 amide bonds. The number of anilines is 3. The molecule has 0 aromatic carbocycles. The molecule has 0 radical (unpaired) electrons. The predicted octanol–water partition coefficient (Wildman–Crippen LogP) is 3.70. The van der Waals surface area contributed by atoms with Gasteiger partial charge in [-0.3, -0.25) is 4.68 Å². The summed E-state index contributed by atoms with van der Waals surface area (Å²) in [5, 5.41) is 11.2. The maximum atomic E-state index is 12.5. The van der Waals surface area contributed by atoms with Gasteiger partial charge in [-0.2, -0.15) is 14.3 Å². The van der Waals surface area contributed by atoms with E-state index in [1.165, 1.54) is 12.4 Å². The summed E-state index contributed by atoms with van der Waals surface area (Å²) in [4.78, 5) is 13.4. The first-order valence-corrected chi connectivity index (χ1v) is 13.9. The molecule has 12 heteroatoms. The number of hydrogen-bond acceptors (Lipinski definition) is 9. The molecule has 5 rings (SSSR count). The van der Waals surface area contributed by atoms with Crippen LogP contribution in [-0.2, 0) is 10.0 Å². The van der Waals surface area contributed by atoms with Gasteiger partial charge in [-0.25, -0.2) is 23.4 Å². The van der Waals surface area contributed by atoms with E-state index in [4.69, 9.17) is 5.73 Å². The Hall–Kier alpha value is -4.24. The van der Waals surface area contributed by atoms with Gasteiger partial charge in [0.25, 0.3) is 10.0 Å². The molecule has 3 N–H and O–H groups in total. The number of pyridine rings is 1. The van der Waals surface area contributed by atoms with Gasteiger partial charge in [0.15, 0.2) is 5.82 Å². The van der Waals surface area contributed by atoms with Crippen molar-refractivity contribution in [3.05, 3.63) is 59.9 Å². The zero-order chi connectivity index (χ0) is 27.0. The Morgan fingerprint density at radius 1 is 1.05 bits per heavy atom. The van der Waals surface area contributed by atoms with Crippen LogP contribution in [0.5, 0.6) is 0 Å². The molecule has 196 valence electrons. The van der Waals surface area contributed by atoms with E-state index in [-0.39, 0.29) is 17.2 Å². The first-order chi connectivity index (χ1) is 18.1. The van der Waals surface area contributed by atoms with Gasteiger partial charge in [0, 0.05) is 30.2 Å². The highest BCUT2D eigenvalue weighted by atomic mass is 32.2. The minimum absolute atomic E-state index is 0.0580. The fraction of sp³-hybridized carbons (Fsp3) is 0.346. The van der Waals surface area contributed by atoms with Crippen LogP contribution in [0.3, 0.4) is 0 Å². The molecule has 38 heavy (non-hydrogen) atoms. The summed E-state index contributed by atoms with van der Waals surface area (Å²) in [6.07, 6.45) is 11.1. The van der Waals surface area contributed by atoms with Gasteiger partial charge >= 0.3 is 0 Å². The molecule has 0 unspecified atom stereocenters. The molecule has 0 spiro atoms. The molecule has 4 aromatic rings. The van der Waals surface area contributed by atoms with Crippen molar-refractivity contribution >= 4 is 27.3 Å². The van der Waals surface area contributed by atoms with Gasteiger partial charge in [0.2, 0.25) is 0 Å². The summed E-state index contributed by atoms with van der Waals surface area (Å²) in [5.74, 6) is 7.69. The zero-order valence-electron chi connectivity index (χ0n) is 21.6. The van der Waals surface area contributed by atoms with E-state index in [2.05, 4.69) is 56.2 Å². The lowest BCUT2D eigenvalue weighted by molar-refractivity contribution is 0.532. The lowest BCUT2D eigenvalue weighted by atomic mass is 9.99. The lowest BCUT2D eigenvalue weighted by Crippen LogP contribution is -2.17. The van der Waals surface area contributed by atoms with E-state index >= 15 is 0 Å². The van der Waals surface area contributed by atoms with Crippen molar-refractivity contribution in [1.29, 1.82) is 0 Å². The van der Waals surface area contributed by atoms with Crippen molar-refractivity contribution in [3.8, 4) is 23.2 Å². The minimum atomic E-state index is -3.47. The van der Waals surface area contributed by atoms with E-state index in [0.717, 1.165) is 15.2 Å². The second-order valence-corrected chi connectivity index (χ2v) is 11.9. The Balaban J connectivity index is 1.41. The Morgan fingerprint density at radius 3 is 2.53 bits per heavy atom. The summed E-state index contributed by atoms with van der Waals surface area (Å²) < 4.78 is 27.8. The van der Waals surface area contributed by atoms with Gasteiger partial charge in [0.1, 0.15) is 11.6 Å². The van der Waals surface area contributed by atoms with Crippen LogP contribution in [0.25, 0.3) is 11.4 Å². The average molecular weight is 532 g/mol. The molecule has 1 aliphatic carbocycles. The smallest absolute Gasteiger partial charge is 0.256 e. The molecule has 1 saturated carbocycles. The monoisotopic (exact) mass is 531 g/mol. The summed E-state index contributed by atoms with van der Waals surface area (Å²) in [5.41, 5.74) is 9.84. The Bertz CT molecular complexity index is 1660. The molecule has 0 atom stereocenters. The summed E-state index contributed by atoms with van der Waals surface area (Å²) in [7, 11) is -3.47. The second kappa shape index (κ2) is 9.90. The van der Waals surface area contributed by atoms with Crippen LogP contribution in [0.1, 0.15) is 69.2 Å². The van der Waals surface area contributed by atoms with Crippen molar-refractivity contribution in [2.75, 3.05) is 11.1 Å². The van der Waals surface area contributed by atoms with Crippen LogP contribution >= 0.6 is 0 Å².